The fraction of sp³-hybridized carbons (Fsp3) is 0.200. The van der Waals surface area contributed by atoms with Crippen molar-refractivity contribution in [1.29, 1.82) is 0 Å². The van der Waals surface area contributed by atoms with Crippen LogP contribution in [0.5, 0.6) is 0 Å². The van der Waals surface area contributed by atoms with Gasteiger partial charge in [0.15, 0.2) is 0 Å². The van der Waals surface area contributed by atoms with Crippen LogP contribution in [0, 0.1) is 0 Å². The summed E-state index contributed by atoms with van der Waals surface area (Å²) in [5, 5.41) is 6.08. The Hall–Kier alpha value is -1.88. The lowest BCUT2D eigenvalue weighted by atomic mass is 10.2. The molecule has 0 aliphatic rings. The Morgan fingerprint density at radius 1 is 1.25 bits per heavy atom. The van der Waals surface area contributed by atoms with Crippen LogP contribution in [0.3, 0.4) is 0 Å². The van der Waals surface area contributed by atoms with Gasteiger partial charge in [0.2, 0.25) is 0 Å². The van der Waals surface area contributed by atoms with Gasteiger partial charge in [-0.25, -0.2) is 0 Å². The lowest BCUT2D eigenvalue weighted by Gasteiger charge is -2.11. The Kier molecular flexibility index (Phi) is 5.12. The molecule has 1 aromatic carbocycles. The van der Waals surface area contributed by atoms with Crippen molar-refractivity contribution in [2.75, 3.05) is 17.2 Å². The quantitative estimate of drug-likeness (QED) is 0.871. The van der Waals surface area contributed by atoms with Crippen LogP contribution in [0.1, 0.15) is 23.7 Å². The molecule has 0 radical (unpaired) electrons. The third-order valence-electron chi connectivity index (χ3n) is 2.73. The molecule has 1 heterocycles. The summed E-state index contributed by atoms with van der Waals surface area (Å²) in [5.74, 6) is -0.145. The van der Waals surface area contributed by atoms with Crippen molar-refractivity contribution in [3.63, 3.8) is 0 Å². The normalized spacial score (nSPS) is 10.1. The van der Waals surface area contributed by atoms with E-state index in [4.69, 9.17) is 0 Å². The Labute approximate surface area is 126 Å². The van der Waals surface area contributed by atoms with Gasteiger partial charge in [-0.05, 0) is 36.8 Å². The second-order valence-corrected chi connectivity index (χ2v) is 5.22. The number of nitrogens with zero attached hydrogens (tertiary/aromatic N) is 1. The van der Waals surface area contributed by atoms with Crippen LogP contribution in [-0.4, -0.2) is 17.4 Å². The van der Waals surface area contributed by atoms with E-state index in [1.807, 2.05) is 24.3 Å². The first kappa shape index (κ1) is 14.5. The molecule has 0 bridgehead atoms. The maximum absolute atomic E-state index is 12.3. The number of halogens is 1. The number of carbonyl (C=O) groups is 1. The lowest BCUT2D eigenvalue weighted by molar-refractivity contribution is 0.102. The van der Waals surface area contributed by atoms with Crippen LogP contribution < -0.4 is 10.6 Å². The molecule has 0 spiro atoms. The molecule has 2 rings (SSSR count). The number of pyridine rings is 1. The minimum Gasteiger partial charge on any atom is -0.383 e. The average molecular weight is 334 g/mol. The molecule has 5 heteroatoms. The molecule has 104 valence electrons. The van der Waals surface area contributed by atoms with Crippen LogP contribution in [-0.2, 0) is 0 Å². The van der Waals surface area contributed by atoms with Crippen LogP contribution in [0.2, 0.25) is 0 Å². The zero-order valence-electron chi connectivity index (χ0n) is 11.2. The molecule has 0 aliphatic heterocycles. The number of amides is 1. The van der Waals surface area contributed by atoms with E-state index in [1.165, 1.54) is 0 Å². The fourth-order valence-electron chi connectivity index (χ4n) is 1.72. The van der Waals surface area contributed by atoms with Crippen molar-refractivity contribution >= 4 is 33.2 Å². The van der Waals surface area contributed by atoms with Gasteiger partial charge in [-0.15, -0.1) is 0 Å². The molecular weight excluding hydrogens is 318 g/mol. The van der Waals surface area contributed by atoms with Gasteiger partial charge in [-0.3, -0.25) is 9.78 Å². The van der Waals surface area contributed by atoms with Gasteiger partial charge in [-0.1, -0.05) is 22.9 Å². The van der Waals surface area contributed by atoms with Crippen LogP contribution in [0.4, 0.5) is 11.4 Å². The number of nitrogens with one attached hydrogen (secondary N) is 2. The van der Waals surface area contributed by atoms with Gasteiger partial charge >= 0.3 is 0 Å². The van der Waals surface area contributed by atoms with Gasteiger partial charge in [0.05, 0.1) is 17.4 Å². The Morgan fingerprint density at radius 2 is 2.00 bits per heavy atom. The molecule has 2 N–H and O–H groups in total. The maximum atomic E-state index is 12.3. The van der Waals surface area contributed by atoms with E-state index in [9.17, 15) is 4.79 Å². The fourth-order valence-corrected chi connectivity index (χ4v) is 1.99. The third kappa shape index (κ3) is 3.81. The molecule has 1 aromatic heterocycles. The number of hydrogen-bond acceptors (Lipinski definition) is 3. The summed E-state index contributed by atoms with van der Waals surface area (Å²) < 4.78 is 0.977. The summed E-state index contributed by atoms with van der Waals surface area (Å²) >= 11 is 3.37. The molecule has 0 fully saturated rings. The van der Waals surface area contributed by atoms with Crippen molar-refractivity contribution in [1.82, 2.24) is 4.98 Å². The van der Waals surface area contributed by atoms with Gasteiger partial charge in [-0.2, -0.15) is 0 Å². The summed E-state index contributed by atoms with van der Waals surface area (Å²) in [5.41, 5.74) is 2.11. The molecule has 2 aromatic rings. The van der Waals surface area contributed by atoms with E-state index in [0.717, 1.165) is 28.8 Å². The van der Waals surface area contributed by atoms with Crippen molar-refractivity contribution < 1.29 is 4.79 Å². The predicted molar refractivity (Wildman–Crippen MR) is 85.1 cm³/mol. The molecular formula is C15H16BrN3O. The zero-order chi connectivity index (χ0) is 14.4. The van der Waals surface area contributed by atoms with E-state index in [1.54, 1.807) is 18.5 Å². The van der Waals surface area contributed by atoms with E-state index in [2.05, 4.69) is 38.5 Å². The van der Waals surface area contributed by atoms with Gasteiger partial charge in [0.25, 0.3) is 5.91 Å². The standard InChI is InChI=1S/C15H16BrN3O/c1-2-8-18-14-10-17-9-7-13(14)15(20)19-12-5-3-11(16)4-6-12/h3-7,9-10,18H,2,8H2,1H3,(H,19,20). The highest BCUT2D eigenvalue weighted by Crippen LogP contribution is 2.18. The largest absolute Gasteiger partial charge is 0.383 e. The zero-order valence-corrected chi connectivity index (χ0v) is 12.8. The Morgan fingerprint density at radius 3 is 2.70 bits per heavy atom. The van der Waals surface area contributed by atoms with Gasteiger partial charge in [0, 0.05) is 22.9 Å². The molecule has 0 atom stereocenters. The Bertz CT molecular complexity index is 584. The summed E-state index contributed by atoms with van der Waals surface area (Å²) in [6, 6.07) is 9.19. The van der Waals surface area contributed by atoms with Crippen LogP contribution in [0.15, 0.2) is 47.2 Å². The molecule has 0 saturated carbocycles. The number of aromatic nitrogens is 1. The summed E-state index contributed by atoms with van der Waals surface area (Å²) in [6.07, 6.45) is 4.28. The highest BCUT2D eigenvalue weighted by atomic mass is 79.9. The van der Waals surface area contributed by atoms with E-state index < -0.39 is 0 Å². The number of benzene rings is 1. The summed E-state index contributed by atoms with van der Waals surface area (Å²) in [7, 11) is 0. The number of rotatable bonds is 5. The van der Waals surface area contributed by atoms with Gasteiger partial charge < -0.3 is 10.6 Å². The minimum atomic E-state index is -0.145. The topological polar surface area (TPSA) is 54.0 Å². The summed E-state index contributed by atoms with van der Waals surface area (Å²) in [4.78, 5) is 16.3. The van der Waals surface area contributed by atoms with Gasteiger partial charge in [0.1, 0.15) is 0 Å². The van der Waals surface area contributed by atoms with Crippen LogP contribution >= 0.6 is 15.9 Å². The van der Waals surface area contributed by atoms with E-state index >= 15 is 0 Å². The monoisotopic (exact) mass is 333 g/mol. The minimum absolute atomic E-state index is 0.145. The Balaban J connectivity index is 2.14. The van der Waals surface area contributed by atoms with E-state index in [0.29, 0.717) is 5.56 Å². The average Bonchev–Trinajstić information content (AvgIpc) is 2.47. The first-order valence-corrected chi connectivity index (χ1v) is 7.25. The van der Waals surface area contributed by atoms with E-state index in [-0.39, 0.29) is 5.91 Å². The number of anilines is 2. The second-order valence-electron chi connectivity index (χ2n) is 4.31. The van der Waals surface area contributed by atoms with Crippen LogP contribution in [0.25, 0.3) is 0 Å². The smallest absolute Gasteiger partial charge is 0.257 e. The predicted octanol–water partition coefficient (Wildman–Crippen LogP) is 3.92. The number of carbonyl (C=O) groups excluding carboxylic acids is 1. The highest BCUT2D eigenvalue weighted by molar-refractivity contribution is 9.10. The molecule has 20 heavy (non-hydrogen) atoms. The molecule has 0 unspecified atom stereocenters. The molecule has 4 nitrogen and oxygen atoms in total. The van der Waals surface area contributed by atoms with Crippen molar-refractivity contribution in [3.8, 4) is 0 Å². The SMILES string of the molecule is CCCNc1cnccc1C(=O)Nc1ccc(Br)cc1. The summed E-state index contributed by atoms with van der Waals surface area (Å²) in [6.45, 7) is 2.88. The highest BCUT2D eigenvalue weighted by Gasteiger charge is 2.11. The maximum Gasteiger partial charge on any atom is 0.257 e. The molecule has 0 aliphatic carbocycles. The van der Waals surface area contributed by atoms with Crippen molar-refractivity contribution in [3.05, 3.63) is 52.8 Å². The van der Waals surface area contributed by atoms with Crippen molar-refractivity contribution in [2.24, 2.45) is 0 Å². The van der Waals surface area contributed by atoms with Crippen molar-refractivity contribution in [2.45, 2.75) is 13.3 Å². The molecule has 1 amide bonds. The molecule has 0 saturated heterocycles. The number of hydrogen-bond donors (Lipinski definition) is 2. The first-order chi connectivity index (χ1) is 9.70. The lowest BCUT2D eigenvalue weighted by Crippen LogP contribution is -2.15. The first-order valence-electron chi connectivity index (χ1n) is 6.45. The third-order valence-corrected chi connectivity index (χ3v) is 3.26. The second kappa shape index (κ2) is 7.05.